The van der Waals surface area contributed by atoms with Crippen LogP contribution in [0.25, 0.3) is 0 Å². The third-order valence-electron chi connectivity index (χ3n) is 3.66. The van der Waals surface area contributed by atoms with Crippen molar-refractivity contribution in [2.24, 2.45) is 5.73 Å². The highest BCUT2D eigenvalue weighted by Crippen LogP contribution is 2.19. The average Bonchev–Trinajstić information content (AvgIpc) is 2.48. The molecule has 5 nitrogen and oxygen atoms in total. The van der Waals surface area contributed by atoms with Crippen LogP contribution in [0.15, 0.2) is 29.2 Å². The predicted octanol–water partition coefficient (Wildman–Crippen LogP) is 1.69. The van der Waals surface area contributed by atoms with Gasteiger partial charge in [0.1, 0.15) is 0 Å². The number of piperidine rings is 1. The van der Waals surface area contributed by atoms with Crippen molar-refractivity contribution in [2.75, 3.05) is 24.7 Å². The fraction of sp³-hybridized carbons (Fsp3) is 0.467. The lowest BCUT2D eigenvalue weighted by molar-refractivity contribution is -0.126. The maximum atomic E-state index is 12.1. The summed E-state index contributed by atoms with van der Waals surface area (Å²) < 4.78 is 0. The van der Waals surface area contributed by atoms with Gasteiger partial charge in [0.2, 0.25) is 11.8 Å². The molecule has 1 fully saturated rings. The summed E-state index contributed by atoms with van der Waals surface area (Å²) in [4.78, 5) is 26.5. The summed E-state index contributed by atoms with van der Waals surface area (Å²) in [6.07, 6.45) is 4.74. The van der Waals surface area contributed by atoms with Gasteiger partial charge in [0, 0.05) is 10.6 Å². The summed E-state index contributed by atoms with van der Waals surface area (Å²) >= 11 is 1.66. The van der Waals surface area contributed by atoms with E-state index in [4.69, 9.17) is 5.73 Å². The Bertz CT molecular complexity index is 504. The molecule has 21 heavy (non-hydrogen) atoms. The molecule has 0 spiro atoms. The van der Waals surface area contributed by atoms with Crippen molar-refractivity contribution < 1.29 is 9.59 Å². The number of nitrogens with zero attached hydrogens (tertiary/aromatic N) is 1. The van der Waals surface area contributed by atoms with E-state index < -0.39 is 0 Å². The second-order valence-electron chi connectivity index (χ2n) is 5.16. The molecule has 3 N–H and O–H groups in total. The standard InChI is InChI=1S/C15H21N3O2S/c1-21-12-7-5-11(6-8-12)17-14(19)10-18-9-3-2-4-13(18)15(16)20/h5-8,13H,2-4,9-10H2,1H3,(H2,16,20)(H,17,19). The van der Waals surface area contributed by atoms with Gasteiger partial charge in [-0.1, -0.05) is 6.42 Å². The molecule has 1 heterocycles. The Balaban J connectivity index is 1.92. The van der Waals surface area contributed by atoms with E-state index in [0.717, 1.165) is 36.4 Å². The van der Waals surface area contributed by atoms with E-state index in [-0.39, 0.29) is 24.4 Å². The van der Waals surface area contributed by atoms with Crippen molar-refractivity contribution in [2.45, 2.75) is 30.2 Å². The van der Waals surface area contributed by atoms with Gasteiger partial charge in [0.25, 0.3) is 0 Å². The minimum atomic E-state index is -0.341. The molecule has 1 aliphatic heterocycles. The first-order valence-electron chi connectivity index (χ1n) is 7.07. The molecule has 1 saturated heterocycles. The van der Waals surface area contributed by atoms with Crippen LogP contribution in [0.5, 0.6) is 0 Å². The fourth-order valence-corrected chi connectivity index (χ4v) is 2.97. The van der Waals surface area contributed by atoms with Crippen molar-refractivity contribution in [3.05, 3.63) is 24.3 Å². The smallest absolute Gasteiger partial charge is 0.238 e. The molecule has 0 bridgehead atoms. The summed E-state index contributed by atoms with van der Waals surface area (Å²) in [6.45, 7) is 0.949. The van der Waals surface area contributed by atoms with Crippen molar-refractivity contribution in [3.8, 4) is 0 Å². The fourth-order valence-electron chi connectivity index (χ4n) is 2.56. The molecular formula is C15H21N3O2S. The number of anilines is 1. The second kappa shape index (κ2) is 7.47. The molecule has 1 aromatic rings. The largest absolute Gasteiger partial charge is 0.368 e. The summed E-state index contributed by atoms with van der Waals surface area (Å²) in [6, 6.07) is 7.38. The van der Waals surface area contributed by atoms with Crippen LogP contribution >= 0.6 is 11.8 Å². The topological polar surface area (TPSA) is 75.4 Å². The molecular weight excluding hydrogens is 286 g/mol. The van der Waals surface area contributed by atoms with Crippen molar-refractivity contribution >= 4 is 29.3 Å². The SMILES string of the molecule is CSc1ccc(NC(=O)CN2CCCCC2C(N)=O)cc1. The number of nitrogens with one attached hydrogen (secondary N) is 1. The number of carbonyl (C=O) groups is 2. The van der Waals surface area contributed by atoms with Crippen molar-refractivity contribution in [1.82, 2.24) is 4.90 Å². The Morgan fingerprint density at radius 1 is 1.33 bits per heavy atom. The normalized spacial score (nSPS) is 19.2. The second-order valence-corrected chi connectivity index (χ2v) is 6.04. The van der Waals surface area contributed by atoms with E-state index in [9.17, 15) is 9.59 Å². The molecule has 1 aliphatic rings. The van der Waals surface area contributed by atoms with Gasteiger partial charge in [-0.25, -0.2) is 0 Å². The molecule has 0 saturated carbocycles. The van der Waals surface area contributed by atoms with Crippen LogP contribution in [-0.4, -0.2) is 42.1 Å². The maximum absolute atomic E-state index is 12.1. The van der Waals surface area contributed by atoms with Crippen LogP contribution in [0.2, 0.25) is 0 Å². The van der Waals surface area contributed by atoms with Crippen LogP contribution in [0, 0.1) is 0 Å². The van der Waals surface area contributed by atoms with Gasteiger partial charge in [0.15, 0.2) is 0 Å². The summed E-state index contributed by atoms with van der Waals surface area (Å²) in [5.74, 6) is -0.452. The monoisotopic (exact) mass is 307 g/mol. The van der Waals surface area contributed by atoms with E-state index in [1.165, 1.54) is 0 Å². The zero-order valence-corrected chi connectivity index (χ0v) is 13.0. The number of primary amides is 1. The molecule has 1 unspecified atom stereocenters. The first-order chi connectivity index (χ1) is 10.1. The summed E-state index contributed by atoms with van der Waals surface area (Å²) in [7, 11) is 0. The number of carbonyl (C=O) groups excluding carboxylic acids is 2. The molecule has 114 valence electrons. The van der Waals surface area contributed by atoms with Crippen LogP contribution in [0.1, 0.15) is 19.3 Å². The van der Waals surface area contributed by atoms with E-state index >= 15 is 0 Å². The quantitative estimate of drug-likeness (QED) is 0.812. The van der Waals surface area contributed by atoms with Gasteiger partial charge < -0.3 is 11.1 Å². The molecule has 1 atom stereocenters. The highest BCUT2D eigenvalue weighted by atomic mass is 32.2. The summed E-state index contributed by atoms with van der Waals surface area (Å²) in [5.41, 5.74) is 6.17. The first-order valence-corrected chi connectivity index (χ1v) is 8.30. The third-order valence-corrected chi connectivity index (χ3v) is 4.41. The van der Waals surface area contributed by atoms with E-state index in [2.05, 4.69) is 5.32 Å². The molecule has 0 aromatic heterocycles. The van der Waals surface area contributed by atoms with Crippen molar-refractivity contribution in [3.63, 3.8) is 0 Å². The maximum Gasteiger partial charge on any atom is 0.238 e. The van der Waals surface area contributed by atoms with Crippen LogP contribution in [0.3, 0.4) is 0 Å². The third kappa shape index (κ3) is 4.47. The Kier molecular flexibility index (Phi) is 5.64. The summed E-state index contributed by atoms with van der Waals surface area (Å²) in [5, 5.41) is 2.86. The number of hydrogen-bond acceptors (Lipinski definition) is 4. The Morgan fingerprint density at radius 3 is 2.67 bits per heavy atom. The average molecular weight is 307 g/mol. The first kappa shape index (κ1) is 15.9. The Hall–Kier alpha value is -1.53. The zero-order chi connectivity index (χ0) is 15.2. The van der Waals surface area contributed by atoms with Gasteiger partial charge >= 0.3 is 0 Å². The van der Waals surface area contributed by atoms with Gasteiger partial charge in [0.05, 0.1) is 12.6 Å². The lowest BCUT2D eigenvalue weighted by Crippen LogP contribution is -2.50. The molecule has 1 aromatic carbocycles. The molecule has 0 aliphatic carbocycles. The highest BCUT2D eigenvalue weighted by Gasteiger charge is 2.28. The van der Waals surface area contributed by atoms with E-state index in [0.29, 0.717) is 0 Å². The number of thioether (sulfide) groups is 1. The number of nitrogens with two attached hydrogens (primary N) is 1. The van der Waals surface area contributed by atoms with E-state index in [1.54, 1.807) is 11.8 Å². The van der Waals surface area contributed by atoms with Crippen LogP contribution in [0.4, 0.5) is 5.69 Å². The lowest BCUT2D eigenvalue weighted by atomic mass is 10.0. The number of amides is 2. The molecule has 6 heteroatoms. The Morgan fingerprint density at radius 2 is 2.05 bits per heavy atom. The number of rotatable bonds is 5. The highest BCUT2D eigenvalue weighted by molar-refractivity contribution is 7.98. The van der Waals surface area contributed by atoms with Gasteiger partial charge in [-0.3, -0.25) is 14.5 Å². The predicted molar refractivity (Wildman–Crippen MR) is 85.3 cm³/mol. The van der Waals surface area contributed by atoms with Gasteiger partial charge in [-0.05, 0) is 49.9 Å². The molecule has 2 rings (SSSR count). The Labute approximate surface area is 129 Å². The number of hydrogen-bond donors (Lipinski definition) is 2. The molecule has 0 radical (unpaired) electrons. The van der Waals surface area contributed by atoms with Crippen LogP contribution in [-0.2, 0) is 9.59 Å². The minimum absolute atomic E-state index is 0.111. The van der Waals surface area contributed by atoms with Gasteiger partial charge in [-0.15, -0.1) is 11.8 Å². The number of likely N-dealkylation sites (tertiary alicyclic amines) is 1. The number of benzene rings is 1. The van der Waals surface area contributed by atoms with E-state index in [1.807, 2.05) is 35.4 Å². The zero-order valence-electron chi connectivity index (χ0n) is 12.2. The minimum Gasteiger partial charge on any atom is -0.368 e. The van der Waals surface area contributed by atoms with Gasteiger partial charge in [-0.2, -0.15) is 0 Å². The van der Waals surface area contributed by atoms with Crippen molar-refractivity contribution in [1.29, 1.82) is 0 Å². The lowest BCUT2D eigenvalue weighted by Gasteiger charge is -2.32. The molecule has 2 amide bonds. The van der Waals surface area contributed by atoms with Crippen LogP contribution < -0.4 is 11.1 Å².